The molecular formula is C32H31ClN4O7S. The molecule has 234 valence electrons. The van der Waals surface area contributed by atoms with E-state index in [-0.39, 0.29) is 23.1 Å². The fourth-order valence-corrected chi connectivity index (χ4v) is 5.49. The van der Waals surface area contributed by atoms with Crippen LogP contribution in [0.1, 0.15) is 12.5 Å². The number of hydrogen-bond acceptors (Lipinski definition) is 8. The first-order chi connectivity index (χ1) is 21.7. The van der Waals surface area contributed by atoms with Gasteiger partial charge < -0.3 is 19.5 Å². The van der Waals surface area contributed by atoms with E-state index in [2.05, 4.69) is 15.8 Å². The van der Waals surface area contributed by atoms with Gasteiger partial charge in [-0.2, -0.15) is 5.10 Å². The van der Waals surface area contributed by atoms with Crippen LogP contribution in [0.4, 0.5) is 11.4 Å². The second-order valence-electron chi connectivity index (χ2n) is 9.32. The van der Waals surface area contributed by atoms with E-state index in [1.54, 1.807) is 79.9 Å². The summed E-state index contributed by atoms with van der Waals surface area (Å²) in [6, 6.07) is 25.6. The van der Waals surface area contributed by atoms with Gasteiger partial charge in [0.1, 0.15) is 23.8 Å². The second kappa shape index (κ2) is 15.6. The minimum absolute atomic E-state index is 0.0300. The van der Waals surface area contributed by atoms with Crippen molar-refractivity contribution in [3.05, 3.63) is 108 Å². The standard InChI is InChI=1S/C32H31ClN4O7S/c1-3-43-28-16-10-26(11-17-28)37(45(40,41)30-18-6-24(33)7-19-30)21-31(38)36-34-20-23-4-12-29(13-5-23)44-22-32(39)35-25-8-14-27(42-2)15-9-25/h4-20H,3,21-22H2,1-2H3,(H,35,39)(H,36,38)/b34-20-. The Balaban J connectivity index is 1.35. The van der Waals surface area contributed by atoms with Crippen LogP contribution in [0, 0.1) is 0 Å². The van der Waals surface area contributed by atoms with Crippen LogP contribution in [0.5, 0.6) is 17.2 Å². The van der Waals surface area contributed by atoms with Crippen molar-refractivity contribution in [2.45, 2.75) is 11.8 Å². The molecule has 0 aliphatic heterocycles. The molecule has 0 aliphatic carbocycles. The largest absolute Gasteiger partial charge is 0.497 e. The number of ether oxygens (including phenoxy) is 3. The highest BCUT2D eigenvalue weighted by atomic mass is 35.5. The summed E-state index contributed by atoms with van der Waals surface area (Å²) >= 11 is 5.94. The van der Waals surface area contributed by atoms with Gasteiger partial charge in [0, 0.05) is 10.7 Å². The number of methoxy groups -OCH3 is 1. The highest BCUT2D eigenvalue weighted by molar-refractivity contribution is 7.92. The van der Waals surface area contributed by atoms with Crippen LogP contribution < -0.4 is 29.3 Å². The summed E-state index contributed by atoms with van der Waals surface area (Å²) in [5, 5.41) is 7.07. The third-order valence-electron chi connectivity index (χ3n) is 6.15. The van der Waals surface area contributed by atoms with Crippen LogP contribution >= 0.6 is 11.6 Å². The normalized spacial score (nSPS) is 11.1. The van der Waals surface area contributed by atoms with Crippen LogP contribution in [0.3, 0.4) is 0 Å². The van der Waals surface area contributed by atoms with Crippen LogP contribution in [0.2, 0.25) is 5.02 Å². The van der Waals surface area contributed by atoms with Crippen molar-refractivity contribution in [1.82, 2.24) is 5.43 Å². The molecule has 0 unspecified atom stereocenters. The van der Waals surface area contributed by atoms with Crippen LogP contribution in [0.15, 0.2) is 107 Å². The lowest BCUT2D eigenvalue weighted by atomic mass is 10.2. The second-order valence-corrected chi connectivity index (χ2v) is 11.6. The van der Waals surface area contributed by atoms with E-state index < -0.39 is 22.5 Å². The highest BCUT2D eigenvalue weighted by Gasteiger charge is 2.27. The van der Waals surface area contributed by atoms with Gasteiger partial charge in [-0.1, -0.05) is 11.6 Å². The van der Waals surface area contributed by atoms with E-state index >= 15 is 0 Å². The predicted molar refractivity (Wildman–Crippen MR) is 173 cm³/mol. The van der Waals surface area contributed by atoms with E-state index in [9.17, 15) is 18.0 Å². The first-order valence-electron chi connectivity index (χ1n) is 13.7. The average Bonchev–Trinajstić information content (AvgIpc) is 3.04. The number of nitrogens with one attached hydrogen (secondary N) is 2. The number of nitrogens with zero attached hydrogens (tertiary/aromatic N) is 2. The molecule has 0 saturated heterocycles. The lowest BCUT2D eigenvalue weighted by Gasteiger charge is -2.24. The summed E-state index contributed by atoms with van der Waals surface area (Å²) in [6.45, 7) is 1.55. The molecule has 0 saturated carbocycles. The molecule has 45 heavy (non-hydrogen) atoms. The van der Waals surface area contributed by atoms with Crippen molar-refractivity contribution in [3.63, 3.8) is 0 Å². The number of halogens is 1. The molecule has 0 fully saturated rings. The predicted octanol–water partition coefficient (Wildman–Crippen LogP) is 5.11. The van der Waals surface area contributed by atoms with E-state index in [1.807, 2.05) is 6.92 Å². The third-order valence-corrected chi connectivity index (χ3v) is 8.19. The molecule has 0 bridgehead atoms. The molecule has 0 radical (unpaired) electrons. The maximum Gasteiger partial charge on any atom is 0.264 e. The topological polar surface area (TPSA) is 136 Å². The minimum Gasteiger partial charge on any atom is -0.497 e. The average molecular weight is 651 g/mol. The molecular weight excluding hydrogens is 620 g/mol. The van der Waals surface area contributed by atoms with Gasteiger partial charge in [-0.3, -0.25) is 13.9 Å². The number of hydrazone groups is 1. The maximum absolute atomic E-state index is 13.5. The van der Waals surface area contributed by atoms with Gasteiger partial charge in [-0.25, -0.2) is 13.8 Å². The molecule has 4 aromatic rings. The molecule has 0 spiro atoms. The van der Waals surface area contributed by atoms with Gasteiger partial charge in [-0.05, 0) is 110 Å². The van der Waals surface area contributed by atoms with Crippen molar-refractivity contribution in [2.24, 2.45) is 5.10 Å². The fourth-order valence-electron chi connectivity index (χ4n) is 3.94. The lowest BCUT2D eigenvalue weighted by Crippen LogP contribution is -2.39. The zero-order valence-corrected chi connectivity index (χ0v) is 26.0. The van der Waals surface area contributed by atoms with Gasteiger partial charge in [0.2, 0.25) is 0 Å². The Kier molecular flexibility index (Phi) is 11.4. The van der Waals surface area contributed by atoms with Crippen molar-refractivity contribution < 1.29 is 32.2 Å². The molecule has 0 aliphatic rings. The Morgan fingerprint density at radius 2 is 1.42 bits per heavy atom. The number of rotatable bonds is 14. The number of anilines is 2. The zero-order valence-electron chi connectivity index (χ0n) is 24.5. The molecule has 13 heteroatoms. The van der Waals surface area contributed by atoms with Gasteiger partial charge in [-0.15, -0.1) is 0 Å². The molecule has 11 nitrogen and oxygen atoms in total. The summed E-state index contributed by atoms with van der Waals surface area (Å²) in [7, 11) is -2.57. The molecule has 2 N–H and O–H groups in total. The van der Waals surface area contributed by atoms with Gasteiger partial charge in [0.05, 0.1) is 30.5 Å². The van der Waals surface area contributed by atoms with Gasteiger partial charge in [0.25, 0.3) is 21.8 Å². The molecule has 0 heterocycles. The smallest absolute Gasteiger partial charge is 0.264 e. The van der Waals surface area contributed by atoms with Gasteiger partial charge in [0.15, 0.2) is 6.61 Å². The van der Waals surface area contributed by atoms with Crippen molar-refractivity contribution >= 4 is 51.0 Å². The first-order valence-corrected chi connectivity index (χ1v) is 15.5. The summed E-state index contributed by atoms with van der Waals surface area (Å²) in [6.07, 6.45) is 1.40. The first kappa shape index (κ1) is 32.8. The quantitative estimate of drug-likeness (QED) is 0.143. The maximum atomic E-state index is 13.5. The molecule has 4 aromatic carbocycles. The summed E-state index contributed by atoms with van der Waals surface area (Å²) in [4.78, 5) is 25.0. The van der Waals surface area contributed by atoms with Crippen LogP contribution in [-0.2, 0) is 19.6 Å². The SMILES string of the molecule is CCOc1ccc(N(CC(=O)N/N=C\c2ccc(OCC(=O)Nc3ccc(OC)cc3)cc2)S(=O)(=O)c2ccc(Cl)cc2)cc1. The van der Waals surface area contributed by atoms with E-state index in [0.29, 0.717) is 40.1 Å². The lowest BCUT2D eigenvalue weighted by molar-refractivity contribution is -0.119. The summed E-state index contributed by atoms with van der Waals surface area (Å²) < 4.78 is 44.1. The Morgan fingerprint density at radius 1 is 0.822 bits per heavy atom. The highest BCUT2D eigenvalue weighted by Crippen LogP contribution is 2.26. The van der Waals surface area contributed by atoms with E-state index in [0.717, 1.165) is 4.31 Å². The fraction of sp³-hybridized carbons (Fsp3) is 0.156. The number of benzene rings is 4. The number of carbonyl (C=O) groups excluding carboxylic acids is 2. The zero-order chi connectivity index (χ0) is 32.2. The summed E-state index contributed by atoms with van der Waals surface area (Å²) in [5.41, 5.74) is 3.87. The van der Waals surface area contributed by atoms with E-state index in [1.165, 1.54) is 30.5 Å². The van der Waals surface area contributed by atoms with Gasteiger partial charge >= 0.3 is 0 Å². The molecule has 2 amide bonds. The van der Waals surface area contributed by atoms with Crippen molar-refractivity contribution in [2.75, 3.05) is 36.5 Å². The Bertz CT molecular complexity index is 1710. The summed E-state index contributed by atoms with van der Waals surface area (Å²) in [5.74, 6) is 0.707. The number of sulfonamides is 1. The monoisotopic (exact) mass is 650 g/mol. The minimum atomic E-state index is -4.13. The Labute approximate surface area is 266 Å². The molecule has 4 rings (SSSR count). The Morgan fingerprint density at radius 3 is 2.04 bits per heavy atom. The molecule has 0 aromatic heterocycles. The van der Waals surface area contributed by atoms with Crippen molar-refractivity contribution in [3.8, 4) is 17.2 Å². The van der Waals surface area contributed by atoms with E-state index in [4.69, 9.17) is 25.8 Å². The third kappa shape index (κ3) is 9.46. The number of hydrogen-bond donors (Lipinski definition) is 2. The van der Waals surface area contributed by atoms with Crippen LogP contribution in [-0.4, -0.2) is 53.3 Å². The van der Waals surface area contributed by atoms with Crippen LogP contribution in [0.25, 0.3) is 0 Å². The molecule has 0 atom stereocenters. The van der Waals surface area contributed by atoms with Crippen molar-refractivity contribution in [1.29, 1.82) is 0 Å². The number of amides is 2. The Hall–Kier alpha value is -5.07. The number of carbonyl (C=O) groups is 2.